The quantitative estimate of drug-likeness (QED) is 0.444. The zero-order chi connectivity index (χ0) is 8.53. The maximum absolute atomic E-state index is 8.58. The Hall–Kier alpha value is -1.28. The van der Waals surface area contributed by atoms with Crippen LogP contribution in [0.25, 0.3) is 0 Å². The van der Waals surface area contributed by atoms with E-state index in [0.717, 1.165) is 19.3 Å². The summed E-state index contributed by atoms with van der Waals surface area (Å²) in [5.74, 6) is 0.0563. The van der Waals surface area contributed by atoms with Crippen molar-refractivity contribution in [2.45, 2.75) is 25.7 Å². The molecular formula is C9H12N2. The summed E-state index contributed by atoms with van der Waals surface area (Å²) < 4.78 is 0. The van der Waals surface area contributed by atoms with Crippen molar-refractivity contribution in [1.29, 1.82) is 10.5 Å². The second kappa shape index (κ2) is 6.83. The molecule has 0 saturated heterocycles. The molecule has 0 heterocycles. The van der Waals surface area contributed by atoms with Gasteiger partial charge in [-0.3, -0.25) is 0 Å². The van der Waals surface area contributed by atoms with Gasteiger partial charge in [0.15, 0.2) is 0 Å². The number of nitrogens with zero attached hydrogens (tertiary/aromatic N) is 2. The van der Waals surface area contributed by atoms with Gasteiger partial charge in [-0.1, -0.05) is 6.08 Å². The van der Waals surface area contributed by atoms with Gasteiger partial charge in [0.1, 0.15) is 0 Å². The zero-order valence-corrected chi connectivity index (χ0v) is 6.58. The molecule has 0 radical (unpaired) electrons. The molecule has 0 rings (SSSR count). The second-order valence-electron chi connectivity index (χ2n) is 2.40. The number of rotatable bonds is 5. The van der Waals surface area contributed by atoms with Crippen molar-refractivity contribution >= 4 is 0 Å². The summed E-state index contributed by atoms with van der Waals surface area (Å²) in [4.78, 5) is 0. The molecular weight excluding hydrogens is 136 g/mol. The predicted octanol–water partition coefficient (Wildman–Crippen LogP) is 2.40. The Kier molecular flexibility index (Phi) is 6.04. The third-order valence-electron chi connectivity index (χ3n) is 1.47. The molecule has 0 saturated carbocycles. The lowest BCUT2D eigenvalue weighted by Gasteiger charge is -2.01. The van der Waals surface area contributed by atoms with Gasteiger partial charge in [0.2, 0.25) is 0 Å². The molecule has 1 atom stereocenters. The van der Waals surface area contributed by atoms with Crippen LogP contribution in [0.5, 0.6) is 0 Å². The van der Waals surface area contributed by atoms with E-state index in [1.54, 1.807) is 6.08 Å². The maximum Gasteiger partial charge on any atom is 0.0659 e. The van der Waals surface area contributed by atoms with Crippen LogP contribution < -0.4 is 0 Å². The van der Waals surface area contributed by atoms with Crippen LogP contribution in [-0.2, 0) is 0 Å². The molecule has 0 bridgehead atoms. The molecule has 0 amide bonds. The highest BCUT2D eigenvalue weighted by Crippen LogP contribution is 2.11. The van der Waals surface area contributed by atoms with Crippen molar-refractivity contribution in [2.75, 3.05) is 0 Å². The monoisotopic (exact) mass is 148 g/mol. The molecule has 0 aromatic rings. The highest BCUT2D eigenvalue weighted by atomic mass is 14.3. The van der Waals surface area contributed by atoms with Crippen LogP contribution in [0.3, 0.4) is 0 Å². The fourth-order valence-electron chi connectivity index (χ4n) is 0.864. The van der Waals surface area contributed by atoms with Crippen molar-refractivity contribution in [2.24, 2.45) is 5.92 Å². The lowest BCUT2D eigenvalue weighted by molar-refractivity contribution is 0.585. The van der Waals surface area contributed by atoms with Crippen LogP contribution in [-0.4, -0.2) is 0 Å². The van der Waals surface area contributed by atoms with E-state index in [0.29, 0.717) is 6.42 Å². The summed E-state index contributed by atoms with van der Waals surface area (Å²) in [6.07, 6.45) is 4.68. The molecule has 58 valence electrons. The van der Waals surface area contributed by atoms with Crippen molar-refractivity contribution in [1.82, 2.24) is 0 Å². The lowest BCUT2D eigenvalue weighted by atomic mass is 10.0. The smallest absolute Gasteiger partial charge is 0.0659 e. The summed E-state index contributed by atoms with van der Waals surface area (Å²) in [6, 6.07) is 4.24. The number of unbranched alkanes of at least 4 members (excludes halogenated alkanes) is 1. The molecule has 0 fully saturated rings. The van der Waals surface area contributed by atoms with E-state index < -0.39 is 0 Å². The molecule has 0 aliphatic carbocycles. The van der Waals surface area contributed by atoms with Crippen molar-refractivity contribution in [3.8, 4) is 12.1 Å². The fraction of sp³-hybridized carbons (Fsp3) is 0.556. The minimum Gasteiger partial charge on any atom is -0.198 e. The SMILES string of the molecule is C=CCC(C#N)CCCC#N. The maximum atomic E-state index is 8.58. The summed E-state index contributed by atoms with van der Waals surface area (Å²) in [5, 5.41) is 16.8. The van der Waals surface area contributed by atoms with Crippen LogP contribution in [0.1, 0.15) is 25.7 Å². The highest BCUT2D eigenvalue weighted by molar-refractivity contribution is 4.88. The van der Waals surface area contributed by atoms with Crippen molar-refractivity contribution in [3.05, 3.63) is 12.7 Å². The predicted molar refractivity (Wildman–Crippen MR) is 43.4 cm³/mol. The Labute approximate surface area is 67.8 Å². The van der Waals surface area contributed by atoms with E-state index in [1.807, 2.05) is 0 Å². The molecule has 2 nitrogen and oxygen atoms in total. The lowest BCUT2D eigenvalue weighted by Crippen LogP contribution is -1.94. The number of hydrogen-bond acceptors (Lipinski definition) is 2. The van der Waals surface area contributed by atoms with Crippen LogP contribution >= 0.6 is 0 Å². The van der Waals surface area contributed by atoms with E-state index in [9.17, 15) is 0 Å². The van der Waals surface area contributed by atoms with Crippen molar-refractivity contribution < 1.29 is 0 Å². The molecule has 0 aliphatic rings. The minimum absolute atomic E-state index is 0.0563. The Balaban J connectivity index is 3.47. The first kappa shape index (κ1) is 9.72. The first-order chi connectivity index (χ1) is 5.35. The number of nitriles is 2. The zero-order valence-electron chi connectivity index (χ0n) is 6.58. The molecule has 11 heavy (non-hydrogen) atoms. The van der Waals surface area contributed by atoms with Crippen LogP contribution in [0, 0.1) is 28.6 Å². The van der Waals surface area contributed by atoms with Crippen LogP contribution in [0.4, 0.5) is 0 Å². The van der Waals surface area contributed by atoms with E-state index in [4.69, 9.17) is 10.5 Å². The van der Waals surface area contributed by atoms with E-state index in [1.165, 1.54) is 0 Å². The molecule has 0 spiro atoms. The van der Waals surface area contributed by atoms with E-state index in [2.05, 4.69) is 18.7 Å². The summed E-state index contributed by atoms with van der Waals surface area (Å²) in [7, 11) is 0. The minimum atomic E-state index is 0.0563. The molecule has 0 aliphatic heterocycles. The highest BCUT2D eigenvalue weighted by Gasteiger charge is 2.03. The first-order valence-corrected chi connectivity index (χ1v) is 3.72. The Bertz CT molecular complexity index is 183. The molecule has 0 aromatic carbocycles. The van der Waals surface area contributed by atoms with Gasteiger partial charge in [0, 0.05) is 12.3 Å². The van der Waals surface area contributed by atoms with E-state index >= 15 is 0 Å². The topological polar surface area (TPSA) is 47.6 Å². The summed E-state index contributed by atoms with van der Waals surface area (Å²) in [6.45, 7) is 3.56. The van der Waals surface area contributed by atoms with Gasteiger partial charge < -0.3 is 0 Å². The normalized spacial score (nSPS) is 11.1. The average molecular weight is 148 g/mol. The fourth-order valence-corrected chi connectivity index (χ4v) is 0.864. The third kappa shape index (κ3) is 5.18. The van der Waals surface area contributed by atoms with Crippen molar-refractivity contribution in [3.63, 3.8) is 0 Å². The Morgan fingerprint density at radius 3 is 2.64 bits per heavy atom. The standard InChI is InChI=1S/C9H12N2/c1-2-5-9(8-11)6-3-4-7-10/h2,9H,1,3-6H2. The Morgan fingerprint density at radius 2 is 2.18 bits per heavy atom. The Morgan fingerprint density at radius 1 is 1.45 bits per heavy atom. The first-order valence-electron chi connectivity index (χ1n) is 3.72. The third-order valence-corrected chi connectivity index (χ3v) is 1.47. The van der Waals surface area contributed by atoms with Gasteiger partial charge in [-0.15, -0.1) is 6.58 Å². The van der Waals surface area contributed by atoms with Gasteiger partial charge in [-0.2, -0.15) is 10.5 Å². The van der Waals surface area contributed by atoms with Crippen LogP contribution in [0.2, 0.25) is 0 Å². The molecule has 1 unspecified atom stereocenters. The molecule has 0 aromatic heterocycles. The van der Waals surface area contributed by atoms with E-state index in [-0.39, 0.29) is 5.92 Å². The van der Waals surface area contributed by atoms with Gasteiger partial charge in [-0.05, 0) is 19.3 Å². The van der Waals surface area contributed by atoms with Crippen LogP contribution in [0.15, 0.2) is 12.7 Å². The molecule has 0 N–H and O–H groups in total. The van der Waals surface area contributed by atoms with Gasteiger partial charge in [0.25, 0.3) is 0 Å². The number of hydrogen-bond donors (Lipinski definition) is 0. The van der Waals surface area contributed by atoms with Gasteiger partial charge in [0.05, 0.1) is 12.1 Å². The van der Waals surface area contributed by atoms with Gasteiger partial charge >= 0.3 is 0 Å². The van der Waals surface area contributed by atoms with Gasteiger partial charge in [-0.25, -0.2) is 0 Å². The molecule has 2 heteroatoms. The summed E-state index contributed by atoms with van der Waals surface area (Å²) >= 11 is 0. The largest absolute Gasteiger partial charge is 0.198 e. The average Bonchev–Trinajstić information content (AvgIpc) is 2.03. The summed E-state index contributed by atoms with van der Waals surface area (Å²) in [5.41, 5.74) is 0. The number of allylic oxidation sites excluding steroid dienone is 1. The second-order valence-corrected chi connectivity index (χ2v) is 2.40.